The Morgan fingerprint density at radius 3 is 2.57 bits per heavy atom. The average molecular weight is 186 g/mol. The zero-order chi connectivity index (χ0) is 10.1. The summed E-state index contributed by atoms with van der Waals surface area (Å²) in [5.74, 6) is -0.427. The van der Waals surface area contributed by atoms with Gasteiger partial charge >= 0.3 is 0 Å². The Bertz CT molecular complexity index is 544. The normalized spacial score (nSPS) is 9.93. The summed E-state index contributed by atoms with van der Waals surface area (Å²) < 4.78 is 0. The maximum atomic E-state index is 9.22. The molecule has 0 spiro atoms. The van der Waals surface area contributed by atoms with E-state index in [1.807, 2.05) is 6.07 Å². The van der Waals surface area contributed by atoms with Crippen LogP contribution < -0.4 is 0 Å². The highest BCUT2D eigenvalue weighted by molar-refractivity contribution is 5.83. The van der Waals surface area contributed by atoms with E-state index >= 15 is 0 Å². The van der Waals surface area contributed by atoms with Gasteiger partial charge in [-0.05, 0) is 12.1 Å². The van der Waals surface area contributed by atoms with E-state index < -0.39 is 0 Å². The smallest absolute Gasteiger partial charge is 0.159 e. The minimum atomic E-state index is -0.214. The molecule has 1 heterocycles. The van der Waals surface area contributed by atoms with E-state index in [0.717, 1.165) is 0 Å². The van der Waals surface area contributed by atoms with E-state index in [1.165, 1.54) is 18.3 Å². The fourth-order valence-corrected chi connectivity index (χ4v) is 1.21. The minimum Gasteiger partial charge on any atom is -0.504 e. The van der Waals surface area contributed by atoms with Crippen molar-refractivity contribution < 1.29 is 10.2 Å². The van der Waals surface area contributed by atoms with Crippen LogP contribution in [0, 0.1) is 11.3 Å². The minimum absolute atomic E-state index is 0.213. The fraction of sp³-hybridized carbons (Fsp3) is 0. The summed E-state index contributed by atoms with van der Waals surface area (Å²) in [4.78, 5) is 3.96. The van der Waals surface area contributed by atoms with Crippen molar-refractivity contribution in [3.8, 4) is 17.6 Å². The maximum Gasteiger partial charge on any atom is 0.159 e. The molecule has 0 aliphatic rings. The highest BCUT2D eigenvalue weighted by atomic mass is 16.3. The lowest BCUT2D eigenvalue weighted by molar-refractivity contribution is 0.405. The average Bonchev–Trinajstić information content (AvgIpc) is 2.19. The lowest BCUT2D eigenvalue weighted by Crippen LogP contribution is -1.82. The SMILES string of the molecule is N#Cc1cnc2cc(O)c(O)cc2c1. The molecule has 0 radical (unpaired) electrons. The van der Waals surface area contributed by atoms with Crippen LogP contribution in [-0.4, -0.2) is 15.2 Å². The topological polar surface area (TPSA) is 77.1 Å². The second-order valence-corrected chi connectivity index (χ2v) is 2.87. The number of phenolic OH excluding ortho intramolecular Hbond substituents is 2. The van der Waals surface area contributed by atoms with Gasteiger partial charge in [0.25, 0.3) is 0 Å². The summed E-state index contributed by atoms with van der Waals surface area (Å²) in [7, 11) is 0. The van der Waals surface area contributed by atoms with Crippen LogP contribution in [0.25, 0.3) is 10.9 Å². The van der Waals surface area contributed by atoms with Crippen molar-refractivity contribution in [2.45, 2.75) is 0 Å². The highest BCUT2D eigenvalue weighted by Gasteiger charge is 2.03. The number of pyridine rings is 1. The van der Waals surface area contributed by atoms with Crippen LogP contribution in [0.1, 0.15) is 5.56 Å². The van der Waals surface area contributed by atoms with Crippen LogP contribution in [0.15, 0.2) is 24.4 Å². The number of hydrogen-bond acceptors (Lipinski definition) is 4. The summed E-state index contributed by atoms with van der Waals surface area (Å²) in [6.07, 6.45) is 1.42. The Balaban J connectivity index is 2.78. The highest BCUT2D eigenvalue weighted by Crippen LogP contribution is 2.29. The quantitative estimate of drug-likeness (QED) is 0.611. The predicted molar refractivity (Wildman–Crippen MR) is 49.8 cm³/mol. The van der Waals surface area contributed by atoms with Crippen molar-refractivity contribution in [1.82, 2.24) is 4.98 Å². The number of phenols is 2. The summed E-state index contributed by atoms with van der Waals surface area (Å²) in [6.45, 7) is 0. The third kappa shape index (κ3) is 1.21. The third-order valence-corrected chi connectivity index (χ3v) is 1.91. The monoisotopic (exact) mass is 186 g/mol. The maximum absolute atomic E-state index is 9.22. The predicted octanol–water partition coefficient (Wildman–Crippen LogP) is 1.52. The largest absolute Gasteiger partial charge is 0.504 e. The van der Waals surface area contributed by atoms with E-state index in [1.54, 1.807) is 6.07 Å². The summed E-state index contributed by atoms with van der Waals surface area (Å²) in [5, 5.41) is 27.7. The number of rotatable bonds is 0. The molecule has 0 aliphatic heterocycles. The molecule has 4 nitrogen and oxygen atoms in total. The van der Waals surface area contributed by atoms with Gasteiger partial charge in [-0.1, -0.05) is 0 Å². The Kier molecular flexibility index (Phi) is 1.72. The zero-order valence-electron chi connectivity index (χ0n) is 7.10. The van der Waals surface area contributed by atoms with E-state index in [9.17, 15) is 10.2 Å². The molecule has 68 valence electrons. The molecule has 0 bridgehead atoms. The molecule has 1 aromatic carbocycles. The van der Waals surface area contributed by atoms with Crippen molar-refractivity contribution >= 4 is 10.9 Å². The van der Waals surface area contributed by atoms with E-state index in [4.69, 9.17) is 5.26 Å². The first-order valence-corrected chi connectivity index (χ1v) is 3.92. The molecule has 14 heavy (non-hydrogen) atoms. The second kappa shape index (κ2) is 2.89. The molecule has 1 aromatic heterocycles. The first-order chi connectivity index (χ1) is 6.70. The number of benzene rings is 1. The van der Waals surface area contributed by atoms with Crippen LogP contribution in [0.3, 0.4) is 0 Å². The number of nitrogens with zero attached hydrogens (tertiary/aromatic N) is 2. The Morgan fingerprint density at radius 1 is 1.14 bits per heavy atom. The van der Waals surface area contributed by atoms with Gasteiger partial charge in [-0.3, -0.25) is 4.98 Å². The molecule has 2 aromatic rings. The summed E-state index contributed by atoms with van der Waals surface area (Å²) in [5.41, 5.74) is 0.960. The van der Waals surface area contributed by atoms with Gasteiger partial charge < -0.3 is 10.2 Å². The molecule has 0 amide bonds. The zero-order valence-corrected chi connectivity index (χ0v) is 7.10. The molecule has 0 atom stereocenters. The lowest BCUT2D eigenvalue weighted by Gasteiger charge is -2.00. The van der Waals surface area contributed by atoms with Crippen LogP contribution in [0.4, 0.5) is 0 Å². The molecular weight excluding hydrogens is 180 g/mol. The molecule has 2 rings (SSSR count). The number of nitriles is 1. The van der Waals surface area contributed by atoms with Crippen LogP contribution in [-0.2, 0) is 0 Å². The van der Waals surface area contributed by atoms with E-state index in [0.29, 0.717) is 16.5 Å². The van der Waals surface area contributed by atoms with Gasteiger partial charge in [-0.15, -0.1) is 0 Å². The second-order valence-electron chi connectivity index (χ2n) is 2.87. The van der Waals surface area contributed by atoms with Crippen molar-refractivity contribution in [1.29, 1.82) is 5.26 Å². The molecule has 0 saturated carbocycles. The van der Waals surface area contributed by atoms with Gasteiger partial charge in [0.05, 0.1) is 11.1 Å². The molecule has 2 N–H and O–H groups in total. The molecular formula is C10H6N2O2. The third-order valence-electron chi connectivity index (χ3n) is 1.91. The van der Waals surface area contributed by atoms with Gasteiger partial charge in [0.1, 0.15) is 6.07 Å². The molecule has 0 fully saturated rings. The Labute approximate surface area is 79.7 Å². The Hall–Kier alpha value is -2.28. The van der Waals surface area contributed by atoms with Crippen molar-refractivity contribution in [2.24, 2.45) is 0 Å². The number of aromatic nitrogens is 1. The Morgan fingerprint density at radius 2 is 1.86 bits per heavy atom. The standard InChI is InChI=1S/C10H6N2O2/c11-4-6-1-7-2-9(13)10(14)3-8(7)12-5-6/h1-3,5,13-14H. The first-order valence-electron chi connectivity index (χ1n) is 3.92. The first kappa shape index (κ1) is 8.32. The van der Waals surface area contributed by atoms with Crippen molar-refractivity contribution in [2.75, 3.05) is 0 Å². The van der Waals surface area contributed by atoms with Crippen molar-refractivity contribution in [3.05, 3.63) is 30.0 Å². The van der Waals surface area contributed by atoms with E-state index in [-0.39, 0.29) is 11.5 Å². The molecule has 4 heteroatoms. The lowest BCUT2D eigenvalue weighted by atomic mass is 10.1. The van der Waals surface area contributed by atoms with Crippen LogP contribution in [0.2, 0.25) is 0 Å². The molecule has 0 aliphatic carbocycles. The fourth-order valence-electron chi connectivity index (χ4n) is 1.21. The molecule has 0 saturated heterocycles. The van der Waals surface area contributed by atoms with Crippen molar-refractivity contribution in [3.63, 3.8) is 0 Å². The van der Waals surface area contributed by atoms with Gasteiger partial charge in [-0.25, -0.2) is 0 Å². The van der Waals surface area contributed by atoms with Gasteiger partial charge in [0.15, 0.2) is 11.5 Å². The van der Waals surface area contributed by atoms with Crippen LogP contribution >= 0.6 is 0 Å². The number of fused-ring (bicyclic) bond motifs is 1. The summed E-state index contributed by atoms with van der Waals surface area (Å²) >= 11 is 0. The van der Waals surface area contributed by atoms with E-state index in [2.05, 4.69) is 4.98 Å². The number of hydrogen-bond donors (Lipinski definition) is 2. The van der Waals surface area contributed by atoms with Crippen LogP contribution in [0.5, 0.6) is 11.5 Å². The van der Waals surface area contributed by atoms with Gasteiger partial charge in [0, 0.05) is 17.6 Å². The number of aromatic hydroxyl groups is 2. The van der Waals surface area contributed by atoms with Gasteiger partial charge in [-0.2, -0.15) is 5.26 Å². The van der Waals surface area contributed by atoms with Gasteiger partial charge in [0.2, 0.25) is 0 Å². The summed E-state index contributed by atoms with van der Waals surface area (Å²) in [6, 6.07) is 6.27. The molecule has 0 unspecified atom stereocenters.